The zero-order chi connectivity index (χ0) is 14.5. The maximum atomic E-state index is 11.9. The SMILES string of the molecule is O=C(O)Cc1cccc(NC(=O)c2cccc(=O)[nH]2)c1. The standard InChI is InChI=1S/C14H12N2O4/c17-12-6-2-5-11(16-12)14(20)15-10-4-1-3-9(7-10)8-13(18)19/h1-7H,8H2,(H,15,20)(H,16,17)(H,18,19). The molecule has 0 aliphatic rings. The van der Waals surface area contributed by atoms with Crippen molar-refractivity contribution in [3.05, 3.63) is 64.1 Å². The average Bonchev–Trinajstić information content (AvgIpc) is 2.38. The summed E-state index contributed by atoms with van der Waals surface area (Å²) in [6.07, 6.45) is -0.119. The predicted molar refractivity (Wildman–Crippen MR) is 72.8 cm³/mol. The molecule has 1 aromatic heterocycles. The van der Waals surface area contributed by atoms with Gasteiger partial charge in [-0.05, 0) is 23.8 Å². The van der Waals surface area contributed by atoms with E-state index in [1.165, 1.54) is 18.2 Å². The second-order valence-corrected chi connectivity index (χ2v) is 4.15. The number of rotatable bonds is 4. The van der Waals surface area contributed by atoms with Crippen LogP contribution in [0, 0.1) is 0 Å². The molecule has 0 fully saturated rings. The van der Waals surface area contributed by atoms with Gasteiger partial charge in [0.1, 0.15) is 5.69 Å². The molecule has 0 spiro atoms. The van der Waals surface area contributed by atoms with Gasteiger partial charge in [0.15, 0.2) is 0 Å². The molecule has 2 rings (SSSR count). The Morgan fingerprint density at radius 2 is 1.90 bits per heavy atom. The fourth-order valence-electron chi connectivity index (χ4n) is 1.71. The van der Waals surface area contributed by atoms with Crippen LogP contribution in [0.25, 0.3) is 0 Å². The second-order valence-electron chi connectivity index (χ2n) is 4.15. The highest BCUT2D eigenvalue weighted by atomic mass is 16.4. The van der Waals surface area contributed by atoms with Crippen LogP contribution in [0.2, 0.25) is 0 Å². The van der Waals surface area contributed by atoms with Crippen LogP contribution in [0.15, 0.2) is 47.3 Å². The number of aromatic amines is 1. The van der Waals surface area contributed by atoms with Crippen LogP contribution >= 0.6 is 0 Å². The fourth-order valence-corrected chi connectivity index (χ4v) is 1.71. The van der Waals surface area contributed by atoms with E-state index < -0.39 is 11.9 Å². The Hall–Kier alpha value is -2.89. The van der Waals surface area contributed by atoms with Crippen LogP contribution in [0.5, 0.6) is 0 Å². The molecule has 0 aliphatic carbocycles. The van der Waals surface area contributed by atoms with Crippen molar-refractivity contribution in [2.24, 2.45) is 0 Å². The molecular weight excluding hydrogens is 260 g/mol. The topological polar surface area (TPSA) is 99.3 Å². The lowest BCUT2D eigenvalue weighted by atomic mass is 10.1. The molecule has 1 aromatic carbocycles. The molecule has 2 aromatic rings. The lowest BCUT2D eigenvalue weighted by Gasteiger charge is -2.06. The summed E-state index contributed by atoms with van der Waals surface area (Å²) in [5.41, 5.74) is 0.828. The van der Waals surface area contributed by atoms with Gasteiger partial charge in [-0.25, -0.2) is 0 Å². The summed E-state index contributed by atoms with van der Waals surface area (Å²) >= 11 is 0. The lowest BCUT2D eigenvalue weighted by Crippen LogP contribution is -2.18. The number of carboxylic acids is 1. The Bertz CT molecular complexity index is 706. The minimum absolute atomic E-state index is 0.119. The monoisotopic (exact) mass is 272 g/mol. The van der Waals surface area contributed by atoms with Gasteiger partial charge < -0.3 is 15.4 Å². The smallest absolute Gasteiger partial charge is 0.307 e. The maximum Gasteiger partial charge on any atom is 0.307 e. The van der Waals surface area contributed by atoms with E-state index in [2.05, 4.69) is 10.3 Å². The van der Waals surface area contributed by atoms with Crippen molar-refractivity contribution < 1.29 is 14.7 Å². The normalized spacial score (nSPS) is 10.0. The van der Waals surface area contributed by atoms with Crippen molar-refractivity contribution in [1.82, 2.24) is 4.98 Å². The van der Waals surface area contributed by atoms with E-state index in [0.29, 0.717) is 11.3 Å². The molecule has 102 valence electrons. The number of nitrogens with one attached hydrogen (secondary N) is 2. The van der Waals surface area contributed by atoms with Gasteiger partial charge in [-0.3, -0.25) is 14.4 Å². The third kappa shape index (κ3) is 3.55. The third-order valence-corrected chi connectivity index (χ3v) is 2.55. The molecule has 6 nitrogen and oxygen atoms in total. The molecule has 1 heterocycles. The highest BCUT2D eigenvalue weighted by Gasteiger charge is 2.07. The van der Waals surface area contributed by atoms with Gasteiger partial charge in [0.25, 0.3) is 5.91 Å². The van der Waals surface area contributed by atoms with Crippen LogP contribution in [-0.4, -0.2) is 22.0 Å². The van der Waals surface area contributed by atoms with Crippen LogP contribution in [-0.2, 0) is 11.2 Å². The van der Waals surface area contributed by atoms with Gasteiger partial charge in [0, 0.05) is 11.8 Å². The third-order valence-electron chi connectivity index (χ3n) is 2.55. The highest BCUT2D eigenvalue weighted by Crippen LogP contribution is 2.12. The Balaban J connectivity index is 2.15. The zero-order valence-electron chi connectivity index (χ0n) is 10.4. The average molecular weight is 272 g/mol. The Morgan fingerprint density at radius 3 is 2.60 bits per heavy atom. The van der Waals surface area contributed by atoms with E-state index in [0.717, 1.165) is 0 Å². The minimum atomic E-state index is -0.944. The van der Waals surface area contributed by atoms with E-state index in [-0.39, 0.29) is 17.7 Å². The minimum Gasteiger partial charge on any atom is -0.481 e. The first-order valence-electron chi connectivity index (χ1n) is 5.86. The summed E-state index contributed by atoms with van der Waals surface area (Å²) in [6.45, 7) is 0. The quantitative estimate of drug-likeness (QED) is 0.780. The molecule has 3 N–H and O–H groups in total. The number of carbonyl (C=O) groups is 2. The number of anilines is 1. The first kappa shape index (κ1) is 13.5. The predicted octanol–water partition coefficient (Wildman–Crippen LogP) is 1.25. The van der Waals surface area contributed by atoms with Crippen molar-refractivity contribution in [3.8, 4) is 0 Å². The fraction of sp³-hybridized carbons (Fsp3) is 0.0714. The maximum absolute atomic E-state index is 11.9. The molecule has 20 heavy (non-hydrogen) atoms. The number of hydrogen-bond donors (Lipinski definition) is 3. The summed E-state index contributed by atoms with van der Waals surface area (Å²) in [5.74, 6) is -1.41. The molecule has 0 saturated carbocycles. The Labute approximate surface area is 114 Å². The zero-order valence-corrected chi connectivity index (χ0v) is 10.4. The van der Waals surface area contributed by atoms with Crippen LogP contribution in [0.3, 0.4) is 0 Å². The number of amides is 1. The van der Waals surface area contributed by atoms with Gasteiger partial charge in [-0.15, -0.1) is 0 Å². The summed E-state index contributed by atoms with van der Waals surface area (Å²) < 4.78 is 0. The summed E-state index contributed by atoms with van der Waals surface area (Å²) in [7, 11) is 0. The first-order chi connectivity index (χ1) is 9.54. The van der Waals surface area contributed by atoms with E-state index in [4.69, 9.17) is 5.11 Å². The van der Waals surface area contributed by atoms with E-state index in [1.807, 2.05) is 0 Å². The number of aromatic nitrogens is 1. The van der Waals surface area contributed by atoms with Gasteiger partial charge in [-0.2, -0.15) is 0 Å². The summed E-state index contributed by atoms with van der Waals surface area (Å²) in [6, 6.07) is 10.8. The van der Waals surface area contributed by atoms with E-state index in [1.54, 1.807) is 24.3 Å². The van der Waals surface area contributed by atoms with Crippen LogP contribution in [0.1, 0.15) is 16.1 Å². The number of carboxylic acid groups (broad SMARTS) is 1. The molecule has 0 bridgehead atoms. The lowest BCUT2D eigenvalue weighted by molar-refractivity contribution is -0.136. The molecule has 0 aliphatic heterocycles. The van der Waals surface area contributed by atoms with Gasteiger partial charge in [0.2, 0.25) is 5.56 Å². The highest BCUT2D eigenvalue weighted by molar-refractivity contribution is 6.02. The molecule has 6 heteroatoms. The number of H-pyrrole nitrogens is 1. The molecule has 0 unspecified atom stereocenters. The molecule has 0 radical (unpaired) electrons. The van der Waals surface area contributed by atoms with E-state index in [9.17, 15) is 14.4 Å². The first-order valence-corrected chi connectivity index (χ1v) is 5.86. The number of aliphatic carboxylic acids is 1. The number of hydrogen-bond acceptors (Lipinski definition) is 3. The van der Waals surface area contributed by atoms with Gasteiger partial charge in [0.05, 0.1) is 6.42 Å². The second kappa shape index (κ2) is 5.83. The van der Waals surface area contributed by atoms with Crippen molar-refractivity contribution in [1.29, 1.82) is 0 Å². The van der Waals surface area contributed by atoms with Crippen LogP contribution in [0.4, 0.5) is 5.69 Å². The summed E-state index contributed by atoms with van der Waals surface area (Å²) in [4.78, 5) is 36.1. The van der Waals surface area contributed by atoms with Gasteiger partial charge in [-0.1, -0.05) is 18.2 Å². The van der Waals surface area contributed by atoms with Crippen molar-refractivity contribution in [2.75, 3.05) is 5.32 Å². The number of carbonyl (C=O) groups excluding carboxylic acids is 1. The largest absolute Gasteiger partial charge is 0.481 e. The van der Waals surface area contributed by atoms with Crippen LogP contribution < -0.4 is 10.9 Å². The summed E-state index contributed by atoms with van der Waals surface area (Å²) in [5, 5.41) is 11.3. The van der Waals surface area contributed by atoms with Crippen molar-refractivity contribution >= 4 is 17.6 Å². The number of benzene rings is 1. The Kier molecular flexibility index (Phi) is 3.95. The van der Waals surface area contributed by atoms with E-state index >= 15 is 0 Å². The molecular formula is C14H12N2O4. The van der Waals surface area contributed by atoms with Crippen molar-refractivity contribution in [2.45, 2.75) is 6.42 Å². The Morgan fingerprint density at radius 1 is 1.15 bits per heavy atom. The molecule has 0 atom stereocenters. The van der Waals surface area contributed by atoms with Crippen molar-refractivity contribution in [3.63, 3.8) is 0 Å². The number of pyridine rings is 1. The molecule has 0 saturated heterocycles. The molecule has 1 amide bonds. The van der Waals surface area contributed by atoms with Gasteiger partial charge >= 0.3 is 5.97 Å².